The number of rotatable bonds is 4. The number of carbonyl (C=O) groups excluding carboxylic acids is 1. The molecule has 2 aromatic rings. The number of nitrogens with one attached hydrogen (secondary N) is 1. The van der Waals surface area contributed by atoms with Gasteiger partial charge in [-0.1, -0.05) is 0 Å². The third kappa shape index (κ3) is 3.39. The molecule has 3 rings (SSSR count). The van der Waals surface area contributed by atoms with Crippen LogP contribution in [0, 0.1) is 5.92 Å². The van der Waals surface area contributed by atoms with Gasteiger partial charge in [-0.15, -0.1) is 12.4 Å². The van der Waals surface area contributed by atoms with E-state index in [1.165, 1.54) is 0 Å². The summed E-state index contributed by atoms with van der Waals surface area (Å²) >= 11 is 0. The highest BCUT2D eigenvalue weighted by molar-refractivity contribution is 6.00. The summed E-state index contributed by atoms with van der Waals surface area (Å²) in [6.07, 6.45) is 2.56. The number of carbonyl (C=O) groups is 1. The molecule has 0 saturated carbocycles. The average molecular weight is 351 g/mol. The van der Waals surface area contributed by atoms with Crippen molar-refractivity contribution in [3.8, 4) is 17.0 Å². The Morgan fingerprint density at radius 1 is 1.42 bits per heavy atom. The summed E-state index contributed by atoms with van der Waals surface area (Å²) in [5, 5.41) is 7.01. The smallest absolute Gasteiger partial charge is 0.257 e. The molecule has 0 radical (unpaired) electrons. The number of H-pyrrole nitrogens is 1. The van der Waals surface area contributed by atoms with Crippen LogP contribution < -0.4 is 10.5 Å². The Morgan fingerprint density at radius 3 is 2.71 bits per heavy atom. The number of methoxy groups -OCH3 is 1. The molecule has 6 nitrogen and oxygen atoms in total. The molecule has 1 aliphatic rings. The molecule has 2 heterocycles. The van der Waals surface area contributed by atoms with Gasteiger partial charge in [0.25, 0.3) is 5.91 Å². The van der Waals surface area contributed by atoms with Gasteiger partial charge in [0.2, 0.25) is 0 Å². The van der Waals surface area contributed by atoms with Crippen molar-refractivity contribution < 1.29 is 9.53 Å². The second-order valence-corrected chi connectivity index (χ2v) is 6.03. The molecule has 3 N–H and O–H groups in total. The normalized spacial score (nSPS) is 19.9. The van der Waals surface area contributed by atoms with Crippen LogP contribution in [-0.2, 0) is 0 Å². The molecule has 1 fully saturated rings. The Labute approximate surface area is 147 Å². The Kier molecular flexibility index (Phi) is 5.85. The first kappa shape index (κ1) is 18.3. The minimum atomic E-state index is 0. The fourth-order valence-corrected chi connectivity index (χ4v) is 3.18. The Morgan fingerprint density at radius 2 is 2.12 bits per heavy atom. The third-order valence-electron chi connectivity index (χ3n) is 4.50. The van der Waals surface area contributed by atoms with Crippen LogP contribution in [0.25, 0.3) is 11.3 Å². The van der Waals surface area contributed by atoms with Gasteiger partial charge in [0.1, 0.15) is 5.75 Å². The van der Waals surface area contributed by atoms with Crippen molar-refractivity contribution in [2.75, 3.05) is 20.2 Å². The highest BCUT2D eigenvalue weighted by Gasteiger charge is 2.33. The van der Waals surface area contributed by atoms with Crippen LogP contribution in [-0.4, -0.2) is 47.2 Å². The lowest BCUT2D eigenvalue weighted by Crippen LogP contribution is -2.34. The molecular formula is C17H23ClN4O2. The van der Waals surface area contributed by atoms with Crippen molar-refractivity contribution in [2.24, 2.45) is 11.7 Å². The first-order chi connectivity index (χ1) is 11.1. The van der Waals surface area contributed by atoms with Gasteiger partial charge in [0, 0.05) is 18.2 Å². The lowest BCUT2D eigenvalue weighted by atomic mass is 10.1. The largest absolute Gasteiger partial charge is 0.497 e. The van der Waals surface area contributed by atoms with Gasteiger partial charge in [-0.05, 0) is 50.1 Å². The average Bonchev–Trinajstić information content (AvgIpc) is 3.21. The van der Waals surface area contributed by atoms with Gasteiger partial charge in [-0.2, -0.15) is 5.10 Å². The number of likely N-dealkylation sites (tertiary alicyclic amines) is 1. The van der Waals surface area contributed by atoms with Crippen molar-refractivity contribution in [3.63, 3.8) is 0 Å². The maximum Gasteiger partial charge on any atom is 0.257 e. The number of nitrogens with two attached hydrogens (primary N) is 1. The number of amides is 1. The van der Waals surface area contributed by atoms with Crippen molar-refractivity contribution in [2.45, 2.75) is 19.4 Å². The molecule has 0 spiro atoms. The fraction of sp³-hybridized carbons (Fsp3) is 0.412. The van der Waals surface area contributed by atoms with E-state index in [-0.39, 0.29) is 24.4 Å². The number of aromatic nitrogens is 2. The zero-order chi connectivity index (χ0) is 16.4. The summed E-state index contributed by atoms with van der Waals surface area (Å²) in [7, 11) is 1.63. The molecule has 7 heteroatoms. The van der Waals surface area contributed by atoms with Crippen molar-refractivity contribution in [1.82, 2.24) is 15.1 Å². The molecule has 1 amide bonds. The number of benzene rings is 1. The van der Waals surface area contributed by atoms with Gasteiger partial charge in [0.05, 0.1) is 24.6 Å². The quantitative estimate of drug-likeness (QED) is 0.886. The Balaban J connectivity index is 0.00000208. The summed E-state index contributed by atoms with van der Waals surface area (Å²) in [6.45, 7) is 3.40. The molecule has 130 valence electrons. The summed E-state index contributed by atoms with van der Waals surface area (Å²) < 4.78 is 5.17. The van der Waals surface area contributed by atoms with Crippen LogP contribution in [0.3, 0.4) is 0 Å². The zero-order valence-electron chi connectivity index (χ0n) is 13.9. The van der Waals surface area contributed by atoms with Crippen LogP contribution in [0.1, 0.15) is 23.7 Å². The minimum Gasteiger partial charge on any atom is -0.497 e. The number of hydrogen-bond acceptors (Lipinski definition) is 4. The van der Waals surface area contributed by atoms with E-state index in [4.69, 9.17) is 10.5 Å². The first-order valence-corrected chi connectivity index (χ1v) is 7.82. The topological polar surface area (TPSA) is 84.2 Å². The number of hydrogen-bond donors (Lipinski definition) is 2. The second-order valence-electron chi connectivity index (χ2n) is 6.03. The number of nitrogens with zero attached hydrogens (tertiary/aromatic N) is 2. The van der Waals surface area contributed by atoms with E-state index in [1.54, 1.807) is 13.3 Å². The highest BCUT2D eigenvalue weighted by Crippen LogP contribution is 2.28. The standard InChI is InChI=1S/C17H22N4O2.ClH/c1-11-7-12(8-18)10-21(11)17(22)15-9-19-20-16(15)13-3-5-14(23-2)6-4-13;/h3-6,9,11-12H,7-8,10,18H2,1-2H3,(H,19,20);1H. The van der Waals surface area contributed by atoms with Crippen LogP contribution in [0.15, 0.2) is 30.5 Å². The second kappa shape index (κ2) is 7.68. The van der Waals surface area contributed by atoms with Crippen molar-refractivity contribution >= 4 is 18.3 Å². The van der Waals surface area contributed by atoms with Gasteiger partial charge in [-0.3, -0.25) is 9.89 Å². The Bertz CT molecular complexity index is 686. The number of ether oxygens (including phenoxy) is 1. The zero-order valence-corrected chi connectivity index (χ0v) is 14.7. The maximum atomic E-state index is 12.9. The molecule has 0 bridgehead atoms. The van der Waals surface area contributed by atoms with E-state index in [1.807, 2.05) is 29.2 Å². The summed E-state index contributed by atoms with van der Waals surface area (Å²) in [4.78, 5) is 14.8. The minimum absolute atomic E-state index is 0. The van der Waals surface area contributed by atoms with Gasteiger partial charge >= 0.3 is 0 Å². The van der Waals surface area contributed by atoms with Crippen LogP contribution in [0.5, 0.6) is 5.75 Å². The molecule has 2 unspecified atom stereocenters. The van der Waals surface area contributed by atoms with E-state index >= 15 is 0 Å². The highest BCUT2D eigenvalue weighted by atomic mass is 35.5. The van der Waals surface area contributed by atoms with E-state index in [9.17, 15) is 4.79 Å². The first-order valence-electron chi connectivity index (χ1n) is 7.82. The summed E-state index contributed by atoms with van der Waals surface area (Å²) in [6, 6.07) is 7.77. The SMILES string of the molecule is COc1ccc(-c2[nH]ncc2C(=O)N2CC(CN)CC2C)cc1.Cl. The van der Waals surface area contributed by atoms with Gasteiger partial charge in [0.15, 0.2) is 0 Å². The molecule has 24 heavy (non-hydrogen) atoms. The molecule has 1 aromatic carbocycles. The molecule has 0 aliphatic carbocycles. The summed E-state index contributed by atoms with van der Waals surface area (Å²) in [5.74, 6) is 1.17. The van der Waals surface area contributed by atoms with E-state index < -0.39 is 0 Å². The van der Waals surface area contributed by atoms with Crippen molar-refractivity contribution in [1.29, 1.82) is 0 Å². The third-order valence-corrected chi connectivity index (χ3v) is 4.50. The lowest BCUT2D eigenvalue weighted by Gasteiger charge is -2.21. The van der Waals surface area contributed by atoms with Crippen molar-refractivity contribution in [3.05, 3.63) is 36.0 Å². The van der Waals surface area contributed by atoms with Crippen LogP contribution in [0.2, 0.25) is 0 Å². The van der Waals surface area contributed by atoms with Crippen LogP contribution >= 0.6 is 12.4 Å². The van der Waals surface area contributed by atoms with Gasteiger partial charge in [-0.25, -0.2) is 0 Å². The monoisotopic (exact) mass is 350 g/mol. The molecule has 2 atom stereocenters. The predicted molar refractivity (Wildman–Crippen MR) is 95.5 cm³/mol. The molecule has 1 aliphatic heterocycles. The molecule has 1 saturated heterocycles. The van der Waals surface area contributed by atoms with E-state index in [0.717, 1.165) is 23.4 Å². The maximum absolute atomic E-state index is 12.9. The molecular weight excluding hydrogens is 328 g/mol. The Hall–Kier alpha value is -2.05. The fourth-order valence-electron chi connectivity index (χ4n) is 3.18. The van der Waals surface area contributed by atoms with E-state index in [2.05, 4.69) is 17.1 Å². The molecule has 1 aromatic heterocycles. The predicted octanol–water partition coefficient (Wildman–Crippen LogP) is 2.32. The van der Waals surface area contributed by atoms with E-state index in [0.29, 0.717) is 24.6 Å². The number of halogens is 1. The lowest BCUT2D eigenvalue weighted by molar-refractivity contribution is 0.0744. The summed E-state index contributed by atoms with van der Waals surface area (Å²) in [5.41, 5.74) is 8.00. The number of aromatic amines is 1. The van der Waals surface area contributed by atoms with Crippen LogP contribution in [0.4, 0.5) is 0 Å². The van der Waals surface area contributed by atoms with Gasteiger partial charge < -0.3 is 15.4 Å².